The zero-order valence-corrected chi connectivity index (χ0v) is 16.2. The third-order valence-electron chi connectivity index (χ3n) is 4.98. The van der Waals surface area contributed by atoms with Crippen LogP contribution in [0.4, 0.5) is 0 Å². The molecule has 1 saturated carbocycles. The first-order valence-electron chi connectivity index (χ1n) is 9.08. The van der Waals surface area contributed by atoms with Crippen molar-refractivity contribution in [2.45, 2.75) is 83.1 Å². The van der Waals surface area contributed by atoms with Gasteiger partial charge in [-0.05, 0) is 41.4 Å². The van der Waals surface area contributed by atoms with Gasteiger partial charge in [-0.25, -0.2) is 13.1 Å². The topological polar surface area (TPSA) is 72.2 Å². The number of sulfonamides is 1. The van der Waals surface area contributed by atoms with E-state index in [1.165, 1.54) is 0 Å². The Morgan fingerprint density at radius 1 is 1.08 bits per heavy atom. The lowest BCUT2D eigenvalue weighted by Crippen LogP contribution is -2.49. The summed E-state index contributed by atoms with van der Waals surface area (Å²) in [6.45, 7) is 8.44. The molecule has 3 N–H and O–H groups in total. The predicted molar refractivity (Wildman–Crippen MR) is 101 cm³/mol. The average Bonchev–Trinajstić information content (AvgIpc) is 2.48. The van der Waals surface area contributed by atoms with Gasteiger partial charge in [0.1, 0.15) is 0 Å². The van der Waals surface area contributed by atoms with Gasteiger partial charge in [0.25, 0.3) is 0 Å². The van der Waals surface area contributed by atoms with Crippen LogP contribution in [0.25, 0.3) is 0 Å². The van der Waals surface area contributed by atoms with E-state index in [9.17, 15) is 8.42 Å². The molecule has 0 spiro atoms. The summed E-state index contributed by atoms with van der Waals surface area (Å²) in [5, 5.41) is 0. The van der Waals surface area contributed by atoms with Gasteiger partial charge < -0.3 is 5.73 Å². The first-order chi connectivity index (χ1) is 11.2. The predicted octanol–water partition coefficient (Wildman–Crippen LogP) is 3.62. The van der Waals surface area contributed by atoms with Crippen LogP contribution in [0.3, 0.4) is 0 Å². The van der Waals surface area contributed by atoms with Gasteiger partial charge in [-0.15, -0.1) is 0 Å². The molecule has 1 aromatic rings. The zero-order chi connectivity index (χ0) is 17.9. The summed E-state index contributed by atoms with van der Waals surface area (Å²) in [4.78, 5) is 0. The molecular weight excluding hydrogens is 320 g/mol. The summed E-state index contributed by atoms with van der Waals surface area (Å²) in [6, 6.07) is 5.93. The van der Waals surface area contributed by atoms with Crippen LogP contribution in [0.5, 0.6) is 0 Å². The maximum Gasteiger partial charge on any atom is 0.216 e. The van der Waals surface area contributed by atoms with Gasteiger partial charge in [0.2, 0.25) is 10.0 Å². The second-order valence-electron chi connectivity index (χ2n) is 7.66. The highest BCUT2D eigenvalue weighted by atomic mass is 32.2. The Morgan fingerprint density at radius 3 is 2.12 bits per heavy atom. The van der Waals surface area contributed by atoms with E-state index in [4.69, 9.17) is 5.73 Å². The summed E-state index contributed by atoms with van der Waals surface area (Å²) in [5.41, 5.74) is 9.32. The highest BCUT2D eigenvalue weighted by molar-refractivity contribution is 7.88. The zero-order valence-electron chi connectivity index (χ0n) is 15.4. The fourth-order valence-electron chi connectivity index (χ4n) is 3.64. The Hall–Kier alpha value is -0.910. The van der Waals surface area contributed by atoms with Crippen LogP contribution in [0.1, 0.15) is 81.9 Å². The standard InChI is InChI=1S/C19H32N2O2S/c1-13(2)15-8-7-9-16(14(3)4)17(15)12-24(22,23)21-19-11-6-5-10-18(19)20/h7-9,13-14,18-19,21H,5-6,10-12,20H2,1-4H3. The summed E-state index contributed by atoms with van der Waals surface area (Å²) in [6.07, 6.45) is 3.87. The maximum absolute atomic E-state index is 12.8. The maximum atomic E-state index is 12.8. The van der Waals surface area contributed by atoms with Crippen molar-refractivity contribution >= 4 is 10.0 Å². The number of hydrogen-bond acceptors (Lipinski definition) is 3. The smallest absolute Gasteiger partial charge is 0.216 e. The van der Waals surface area contributed by atoms with Crippen LogP contribution in [0.15, 0.2) is 18.2 Å². The second kappa shape index (κ2) is 7.98. The first-order valence-corrected chi connectivity index (χ1v) is 10.7. The summed E-state index contributed by atoms with van der Waals surface area (Å²) in [5.74, 6) is 0.634. The van der Waals surface area contributed by atoms with Crippen molar-refractivity contribution in [3.8, 4) is 0 Å². The van der Waals surface area contributed by atoms with Crippen LogP contribution in [-0.2, 0) is 15.8 Å². The van der Waals surface area contributed by atoms with Gasteiger partial charge in [-0.2, -0.15) is 0 Å². The van der Waals surface area contributed by atoms with Gasteiger partial charge in [-0.1, -0.05) is 58.7 Å². The minimum absolute atomic E-state index is 0.0398. The van der Waals surface area contributed by atoms with Gasteiger partial charge in [0.15, 0.2) is 0 Å². The summed E-state index contributed by atoms with van der Waals surface area (Å²) >= 11 is 0. The van der Waals surface area contributed by atoms with Gasteiger partial charge >= 0.3 is 0 Å². The Kier molecular flexibility index (Phi) is 6.46. The lowest BCUT2D eigenvalue weighted by Gasteiger charge is -2.29. The Balaban J connectivity index is 2.28. The van der Waals surface area contributed by atoms with Gasteiger partial charge in [0.05, 0.1) is 5.75 Å². The van der Waals surface area contributed by atoms with E-state index in [1.54, 1.807) is 0 Å². The third-order valence-corrected chi connectivity index (χ3v) is 6.31. The fourth-order valence-corrected chi connectivity index (χ4v) is 5.19. The van der Waals surface area contributed by atoms with Crippen molar-refractivity contribution in [3.05, 3.63) is 34.9 Å². The number of rotatable bonds is 6. The Morgan fingerprint density at radius 2 is 1.62 bits per heavy atom. The second-order valence-corrected chi connectivity index (χ2v) is 9.41. The highest BCUT2D eigenvalue weighted by Crippen LogP contribution is 2.29. The van der Waals surface area contributed by atoms with Crippen molar-refractivity contribution in [3.63, 3.8) is 0 Å². The van der Waals surface area contributed by atoms with E-state index in [1.807, 2.05) is 18.2 Å². The molecule has 1 fully saturated rings. The van der Waals surface area contributed by atoms with Crippen LogP contribution in [0.2, 0.25) is 0 Å². The molecule has 0 bridgehead atoms. The van der Waals surface area contributed by atoms with E-state index in [0.717, 1.165) is 42.4 Å². The molecule has 136 valence electrons. The minimum atomic E-state index is -3.41. The van der Waals surface area contributed by atoms with Crippen LogP contribution >= 0.6 is 0 Å². The molecule has 5 heteroatoms. The number of nitrogens with one attached hydrogen (secondary N) is 1. The van der Waals surface area contributed by atoms with E-state index in [-0.39, 0.29) is 17.8 Å². The first kappa shape index (κ1) is 19.4. The van der Waals surface area contributed by atoms with E-state index >= 15 is 0 Å². The van der Waals surface area contributed by atoms with Crippen molar-refractivity contribution in [2.75, 3.05) is 0 Å². The number of hydrogen-bond donors (Lipinski definition) is 2. The molecule has 24 heavy (non-hydrogen) atoms. The fraction of sp³-hybridized carbons (Fsp3) is 0.684. The molecule has 2 rings (SSSR count). The average molecular weight is 353 g/mol. The molecule has 0 amide bonds. The van der Waals surface area contributed by atoms with Crippen LogP contribution in [-0.4, -0.2) is 20.5 Å². The minimum Gasteiger partial charge on any atom is -0.326 e. The molecule has 0 radical (unpaired) electrons. The molecule has 1 aromatic carbocycles. The summed E-state index contributed by atoms with van der Waals surface area (Å²) < 4.78 is 28.5. The van der Waals surface area contributed by atoms with Crippen LogP contribution < -0.4 is 10.5 Å². The number of nitrogens with two attached hydrogens (primary N) is 1. The SMILES string of the molecule is CC(C)c1cccc(C(C)C)c1CS(=O)(=O)NC1CCCCC1N. The van der Waals surface area contributed by atoms with Crippen molar-refractivity contribution < 1.29 is 8.42 Å². The summed E-state index contributed by atoms with van der Waals surface area (Å²) in [7, 11) is -3.41. The van der Waals surface area contributed by atoms with Gasteiger partial charge in [0, 0.05) is 12.1 Å². The van der Waals surface area contributed by atoms with Crippen molar-refractivity contribution in [1.82, 2.24) is 4.72 Å². The molecule has 2 unspecified atom stereocenters. The Labute approximate surface area is 147 Å². The van der Waals surface area contributed by atoms with Crippen LogP contribution in [0, 0.1) is 0 Å². The van der Waals surface area contributed by atoms with Gasteiger partial charge in [-0.3, -0.25) is 0 Å². The molecule has 0 saturated heterocycles. The normalized spacial score (nSPS) is 22.3. The Bertz CT molecular complexity index is 627. The monoisotopic (exact) mass is 352 g/mol. The van der Waals surface area contributed by atoms with Crippen molar-refractivity contribution in [2.24, 2.45) is 5.73 Å². The van der Waals surface area contributed by atoms with E-state index in [2.05, 4.69) is 32.4 Å². The van der Waals surface area contributed by atoms with Crippen molar-refractivity contribution in [1.29, 1.82) is 0 Å². The van der Waals surface area contributed by atoms with E-state index < -0.39 is 10.0 Å². The largest absolute Gasteiger partial charge is 0.326 e. The number of benzene rings is 1. The van der Waals surface area contributed by atoms with E-state index in [0.29, 0.717) is 11.8 Å². The lowest BCUT2D eigenvalue weighted by atomic mass is 9.90. The molecule has 1 aliphatic carbocycles. The highest BCUT2D eigenvalue weighted by Gasteiger charge is 2.27. The molecule has 1 aliphatic rings. The molecule has 0 heterocycles. The molecule has 4 nitrogen and oxygen atoms in total. The molecular formula is C19H32N2O2S. The molecule has 0 aliphatic heterocycles. The lowest BCUT2D eigenvalue weighted by molar-refractivity contribution is 0.361. The quantitative estimate of drug-likeness (QED) is 0.821. The third kappa shape index (κ3) is 4.80. The molecule has 2 atom stereocenters. The molecule has 0 aromatic heterocycles.